The summed E-state index contributed by atoms with van der Waals surface area (Å²) in [6.45, 7) is 1.72. The highest BCUT2D eigenvalue weighted by Crippen LogP contribution is 2.21. The second kappa shape index (κ2) is 7.98. The van der Waals surface area contributed by atoms with Crippen molar-refractivity contribution in [3.63, 3.8) is 0 Å². The van der Waals surface area contributed by atoms with Crippen LogP contribution in [0.3, 0.4) is 0 Å². The van der Waals surface area contributed by atoms with Crippen molar-refractivity contribution >= 4 is 12.0 Å². The van der Waals surface area contributed by atoms with Gasteiger partial charge in [-0.1, -0.05) is 17.3 Å². The van der Waals surface area contributed by atoms with Gasteiger partial charge in [0.1, 0.15) is 18.1 Å². The molecule has 0 aliphatic rings. The molecule has 0 N–H and O–H groups in total. The van der Waals surface area contributed by atoms with Gasteiger partial charge in [0.15, 0.2) is 5.78 Å². The van der Waals surface area contributed by atoms with E-state index in [0.717, 1.165) is 16.9 Å². The third-order valence-electron chi connectivity index (χ3n) is 3.31. The molecule has 2 aromatic carbocycles. The number of carbonyl (C=O) groups is 1. The summed E-state index contributed by atoms with van der Waals surface area (Å²) in [4.78, 5) is 16.8. The average Bonchev–Trinajstić information content (AvgIpc) is 2.58. The van der Waals surface area contributed by atoms with E-state index in [4.69, 9.17) is 14.3 Å². The number of benzene rings is 2. The SMILES string of the molecule is COc1ccccc1/C=N/OCc1cc(C(C)=O)ccc1OC. The normalized spacial score (nSPS) is 10.6. The molecule has 120 valence electrons. The van der Waals surface area contributed by atoms with Gasteiger partial charge in [0.2, 0.25) is 0 Å². The Labute approximate surface area is 135 Å². The monoisotopic (exact) mass is 313 g/mol. The number of oxime groups is 1. The zero-order valence-corrected chi connectivity index (χ0v) is 13.4. The summed E-state index contributed by atoms with van der Waals surface area (Å²) in [6.07, 6.45) is 1.58. The topological polar surface area (TPSA) is 57.1 Å². The van der Waals surface area contributed by atoms with Gasteiger partial charge in [0.25, 0.3) is 0 Å². The van der Waals surface area contributed by atoms with E-state index in [1.165, 1.54) is 6.92 Å². The minimum absolute atomic E-state index is 0.00794. The maximum Gasteiger partial charge on any atom is 0.159 e. The Morgan fingerprint density at radius 2 is 1.83 bits per heavy atom. The zero-order chi connectivity index (χ0) is 16.7. The lowest BCUT2D eigenvalue weighted by atomic mass is 10.1. The number of methoxy groups -OCH3 is 2. The first-order valence-electron chi connectivity index (χ1n) is 7.12. The third kappa shape index (κ3) is 4.32. The highest BCUT2D eigenvalue weighted by Gasteiger charge is 2.07. The van der Waals surface area contributed by atoms with Crippen LogP contribution in [-0.2, 0) is 11.4 Å². The fraction of sp³-hybridized carbons (Fsp3) is 0.222. The van der Waals surface area contributed by atoms with Crippen LogP contribution in [-0.4, -0.2) is 26.2 Å². The molecular weight excluding hydrogens is 294 g/mol. The van der Waals surface area contributed by atoms with Gasteiger partial charge in [-0.2, -0.15) is 0 Å². The number of rotatable bonds is 7. The molecule has 2 rings (SSSR count). The molecule has 0 aliphatic heterocycles. The van der Waals surface area contributed by atoms with Crippen molar-refractivity contribution in [2.45, 2.75) is 13.5 Å². The first kappa shape index (κ1) is 16.5. The summed E-state index contributed by atoms with van der Waals surface area (Å²) in [5.74, 6) is 1.37. The van der Waals surface area contributed by atoms with E-state index in [0.29, 0.717) is 11.3 Å². The van der Waals surface area contributed by atoms with E-state index in [1.807, 2.05) is 24.3 Å². The van der Waals surface area contributed by atoms with Crippen LogP contribution in [0.15, 0.2) is 47.6 Å². The summed E-state index contributed by atoms with van der Waals surface area (Å²) in [7, 11) is 3.18. The molecule has 23 heavy (non-hydrogen) atoms. The van der Waals surface area contributed by atoms with Gasteiger partial charge in [0, 0.05) is 16.7 Å². The predicted octanol–water partition coefficient (Wildman–Crippen LogP) is 3.46. The maximum absolute atomic E-state index is 11.5. The highest BCUT2D eigenvalue weighted by molar-refractivity contribution is 5.94. The lowest BCUT2D eigenvalue weighted by molar-refractivity contribution is 0.101. The molecule has 5 heteroatoms. The van der Waals surface area contributed by atoms with Gasteiger partial charge in [-0.25, -0.2) is 0 Å². The second-order valence-corrected chi connectivity index (χ2v) is 4.83. The van der Waals surface area contributed by atoms with Crippen molar-refractivity contribution in [1.29, 1.82) is 0 Å². The van der Waals surface area contributed by atoms with Crippen molar-refractivity contribution in [1.82, 2.24) is 0 Å². The average molecular weight is 313 g/mol. The van der Waals surface area contributed by atoms with Gasteiger partial charge < -0.3 is 14.3 Å². The van der Waals surface area contributed by atoms with Gasteiger partial charge in [0.05, 0.1) is 20.4 Å². The molecular formula is C18H19NO4. The van der Waals surface area contributed by atoms with Crippen LogP contribution in [0.5, 0.6) is 11.5 Å². The fourth-order valence-corrected chi connectivity index (χ4v) is 2.08. The third-order valence-corrected chi connectivity index (χ3v) is 3.31. The number of hydrogen-bond acceptors (Lipinski definition) is 5. The van der Waals surface area contributed by atoms with Crippen LogP contribution in [0.1, 0.15) is 28.4 Å². The van der Waals surface area contributed by atoms with E-state index in [1.54, 1.807) is 38.6 Å². The van der Waals surface area contributed by atoms with Crippen LogP contribution < -0.4 is 9.47 Å². The molecule has 0 fully saturated rings. The van der Waals surface area contributed by atoms with Crippen LogP contribution in [0, 0.1) is 0 Å². The van der Waals surface area contributed by atoms with Crippen molar-refractivity contribution in [3.05, 3.63) is 59.2 Å². The molecule has 0 saturated heterocycles. The molecule has 5 nitrogen and oxygen atoms in total. The Morgan fingerprint density at radius 3 is 2.52 bits per heavy atom. The van der Waals surface area contributed by atoms with E-state index in [-0.39, 0.29) is 12.4 Å². The summed E-state index contributed by atoms with van der Waals surface area (Å²) >= 11 is 0. The van der Waals surface area contributed by atoms with E-state index in [9.17, 15) is 4.79 Å². The van der Waals surface area contributed by atoms with E-state index < -0.39 is 0 Å². The van der Waals surface area contributed by atoms with Crippen LogP contribution in [0.4, 0.5) is 0 Å². The molecule has 0 aromatic heterocycles. The number of para-hydroxylation sites is 1. The summed E-state index contributed by atoms with van der Waals surface area (Å²) in [6, 6.07) is 12.7. The largest absolute Gasteiger partial charge is 0.496 e. The lowest BCUT2D eigenvalue weighted by Crippen LogP contribution is -1.99. The molecule has 0 aliphatic carbocycles. The minimum Gasteiger partial charge on any atom is -0.496 e. The van der Waals surface area contributed by atoms with Crippen LogP contribution in [0.25, 0.3) is 0 Å². The number of nitrogens with zero attached hydrogens (tertiary/aromatic N) is 1. The van der Waals surface area contributed by atoms with E-state index in [2.05, 4.69) is 5.16 Å². The molecule has 0 radical (unpaired) electrons. The molecule has 0 atom stereocenters. The van der Waals surface area contributed by atoms with Crippen molar-refractivity contribution in [2.24, 2.45) is 5.16 Å². The quantitative estimate of drug-likeness (QED) is 0.446. The smallest absolute Gasteiger partial charge is 0.159 e. The summed E-state index contributed by atoms with van der Waals surface area (Å²) in [5, 5.41) is 3.95. The number of ketones is 1. The first-order chi connectivity index (χ1) is 11.2. The Hall–Kier alpha value is -2.82. The molecule has 0 spiro atoms. The zero-order valence-electron chi connectivity index (χ0n) is 13.4. The molecule has 0 amide bonds. The molecule has 0 heterocycles. The first-order valence-corrected chi connectivity index (χ1v) is 7.12. The number of hydrogen-bond donors (Lipinski definition) is 0. The Balaban J connectivity index is 2.07. The standard InChI is InChI=1S/C18H19NO4/c1-13(20)14-8-9-18(22-3)16(10-14)12-23-19-11-15-6-4-5-7-17(15)21-2/h4-11H,12H2,1-3H3/b19-11+. The fourth-order valence-electron chi connectivity index (χ4n) is 2.08. The second-order valence-electron chi connectivity index (χ2n) is 4.83. The Morgan fingerprint density at radius 1 is 1.09 bits per heavy atom. The molecule has 0 saturated carbocycles. The van der Waals surface area contributed by atoms with Gasteiger partial charge >= 0.3 is 0 Å². The Kier molecular flexibility index (Phi) is 5.74. The van der Waals surface area contributed by atoms with Gasteiger partial charge in [-0.3, -0.25) is 4.79 Å². The van der Waals surface area contributed by atoms with Crippen molar-refractivity contribution < 1.29 is 19.1 Å². The summed E-state index contributed by atoms with van der Waals surface area (Å²) < 4.78 is 10.5. The Bertz CT molecular complexity index is 710. The van der Waals surface area contributed by atoms with Crippen molar-refractivity contribution in [2.75, 3.05) is 14.2 Å². The minimum atomic E-state index is -0.00794. The predicted molar refractivity (Wildman–Crippen MR) is 88.4 cm³/mol. The molecule has 2 aromatic rings. The number of carbonyl (C=O) groups excluding carboxylic acids is 1. The summed E-state index contributed by atoms with van der Waals surface area (Å²) in [5.41, 5.74) is 2.19. The highest BCUT2D eigenvalue weighted by atomic mass is 16.6. The molecule has 0 unspecified atom stereocenters. The van der Waals surface area contributed by atoms with E-state index >= 15 is 0 Å². The van der Waals surface area contributed by atoms with Gasteiger partial charge in [-0.15, -0.1) is 0 Å². The number of Topliss-reactive ketones (excluding diaryl/α,β-unsaturated/α-hetero) is 1. The number of ether oxygens (including phenoxy) is 2. The van der Waals surface area contributed by atoms with Crippen LogP contribution in [0.2, 0.25) is 0 Å². The van der Waals surface area contributed by atoms with Crippen molar-refractivity contribution in [3.8, 4) is 11.5 Å². The van der Waals surface area contributed by atoms with Gasteiger partial charge in [-0.05, 0) is 37.3 Å². The lowest BCUT2D eigenvalue weighted by Gasteiger charge is -2.09. The van der Waals surface area contributed by atoms with Crippen LogP contribution >= 0.6 is 0 Å². The maximum atomic E-state index is 11.5. The molecule has 0 bridgehead atoms.